The number of rotatable bonds is 6. The molecule has 24 heavy (non-hydrogen) atoms. The van der Waals surface area contributed by atoms with Gasteiger partial charge in [-0.25, -0.2) is 4.98 Å². The van der Waals surface area contributed by atoms with E-state index in [1.54, 1.807) is 7.11 Å². The fraction of sp³-hybridized carbons (Fsp3) is 0.316. The molecule has 1 aliphatic rings. The minimum absolute atomic E-state index is 0.0373. The second-order valence-electron chi connectivity index (χ2n) is 5.80. The second kappa shape index (κ2) is 7.41. The van der Waals surface area contributed by atoms with Crippen LogP contribution < -0.4 is 4.74 Å². The van der Waals surface area contributed by atoms with E-state index < -0.39 is 5.92 Å². The molecule has 1 heterocycles. The van der Waals surface area contributed by atoms with Crippen LogP contribution in [0.4, 0.5) is 0 Å². The van der Waals surface area contributed by atoms with Gasteiger partial charge >= 0.3 is 0 Å². The molecule has 0 amide bonds. The molecular formula is C19H18N2O2S. The first-order valence-corrected chi connectivity index (χ1v) is 8.78. The van der Waals surface area contributed by atoms with Gasteiger partial charge in [0, 0.05) is 17.4 Å². The number of benzene rings is 1. The van der Waals surface area contributed by atoms with Gasteiger partial charge in [-0.3, -0.25) is 4.79 Å². The summed E-state index contributed by atoms with van der Waals surface area (Å²) in [4.78, 5) is 17.0. The van der Waals surface area contributed by atoms with Crippen LogP contribution in [0, 0.1) is 17.2 Å². The molecule has 0 aliphatic heterocycles. The van der Waals surface area contributed by atoms with Gasteiger partial charge < -0.3 is 4.74 Å². The summed E-state index contributed by atoms with van der Waals surface area (Å²) < 4.78 is 5.15. The van der Waals surface area contributed by atoms with Crippen LogP contribution in [0.2, 0.25) is 0 Å². The van der Waals surface area contributed by atoms with Gasteiger partial charge in [0.15, 0.2) is 11.7 Å². The van der Waals surface area contributed by atoms with Crippen molar-refractivity contribution in [3.05, 3.63) is 46.8 Å². The molecule has 4 nitrogen and oxygen atoms in total. The van der Waals surface area contributed by atoms with E-state index in [4.69, 9.17) is 4.74 Å². The van der Waals surface area contributed by atoms with Gasteiger partial charge in [-0.1, -0.05) is 12.2 Å². The Bertz CT molecular complexity index is 786. The number of Topliss-reactive ketones (excluding diaryl/α,β-unsaturated/α-hetero) is 1. The monoisotopic (exact) mass is 338 g/mol. The lowest BCUT2D eigenvalue weighted by molar-refractivity contribution is -0.120. The number of allylic oxidation sites excluding steroid dienone is 2. The molecule has 0 fully saturated rings. The Balaban J connectivity index is 1.75. The van der Waals surface area contributed by atoms with Crippen LogP contribution in [0.25, 0.3) is 11.3 Å². The zero-order valence-corrected chi connectivity index (χ0v) is 14.3. The first kappa shape index (κ1) is 16.4. The van der Waals surface area contributed by atoms with Gasteiger partial charge in [0.2, 0.25) is 0 Å². The number of ketones is 1. The van der Waals surface area contributed by atoms with E-state index in [9.17, 15) is 10.1 Å². The molecule has 2 aromatic rings. The molecule has 0 saturated carbocycles. The van der Waals surface area contributed by atoms with E-state index in [0.29, 0.717) is 11.4 Å². The molecule has 3 rings (SSSR count). The SMILES string of the molecule is COc1ccc(-c2csc([C@H](C#N)C(=O)C[C@H]3C=CCC3)n2)cc1. The Kier molecular flexibility index (Phi) is 5.07. The van der Waals surface area contributed by atoms with E-state index >= 15 is 0 Å². The molecule has 2 atom stereocenters. The summed E-state index contributed by atoms with van der Waals surface area (Å²) in [5, 5.41) is 11.9. The highest BCUT2D eigenvalue weighted by Gasteiger charge is 2.26. The van der Waals surface area contributed by atoms with Crippen LogP contribution >= 0.6 is 11.3 Å². The van der Waals surface area contributed by atoms with Crippen molar-refractivity contribution < 1.29 is 9.53 Å². The Morgan fingerprint density at radius 3 is 2.88 bits per heavy atom. The van der Waals surface area contributed by atoms with E-state index in [-0.39, 0.29) is 11.7 Å². The van der Waals surface area contributed by atoms with Gasteiger partial charge in [0.05, 0.1) is 18.9 Å². The highest BCUT2D eigenvalue weighted by Crippen LogP contribution is 2.30. The van der Waals surface area contributed by atoms with Crippen molar-refractivity contribution in [3.8, 4) is 23.1 Å². The predicted molar refractivity (Wildman–Crippen MR) is 93.9 cm³/mol. The molecule has 1 aromatic carbocycles. The second-order valence-corrected chi connectivity index (χ2v) is 6.69. The third kappa shape index (κ3) is 3.55. The van der Waals surface area contributed by atoms with Gasteiger partial charge in [0.25, 0.3) is 0 Å². The smallest absolute Gasteiger partial charge is 0.157 e. The fourth-order valence-electron chi connectivity index (χ4n) is 2.82. The largest absolute Gasteiger partial charge is 0.497 e. The number of nitrogens with zero attached hydrogens (tertiary/aromatic N) is 2. The number of ether oxygens (including phenoxy) is 1. The molecule has 0 bridgehead atoms. The van der Waals surface area contributed by atoms with Crippen LogP contribution in [0.3, 0.4) is 0 Å². The molecule has 0 spiro atoms. The molecule has 122 valence electrons. The lowest BCUT2D eigenvalue weighted by Crippen LogP contribution is -2.13. The van der Waals surface area contributed by atoms with Crippen molar-refractivity contribution in [1.82, 2.24) is 4.98 Å². The maximum absolute atomic E-state index is 12.5. The average Bonchev–Trinajstić information content (AvgIpc) is 3.28. The Hall–Kier alpha value is -2.45. The van der Waals surface area contributed by atoms with E-state index in [0.717, 1.165) is 29.8 Å². The van der Waals surface area contributed by atoms with Crippen molar-refractivity contribution >= 4 is 17.1 Å². The molecule has 0 N–H and O–H groups in total. The van der Waals surface area contributed by atoms with Crippen LogP contribution in [-0.4, -0.2) is 17.9 Å². The number of methoxy groups -OCH3 is 1. The van der Waals surface area contributed by atoms with Gasteiger partial charge in [0.1, 0.15) is 10.8 Å². The highest BCUT2D eigenvalue weighted by atomic mass is 32.1. The fourth-order valence-corrected chi connectivity index (χ4v) is 3.71. The number of carbonyl (C=O) groups excluding carboxylic acids is 1. The Morgan fingerprint density at radius 1 is 1.46 bits per heavy atom. The van der Waals surface area contributed by atoms with Crippen LogP contribution in [0.1, 0.15) is 30.2 Å². The summed E-state index contributed by atoms with van der Waals surface area (Å²) in [5.74, 6) is 0.249. The summed E-state index contributed by atoms with van der Waals surface area (Å²) in [6, 6.07) is 9.71. The number of hydrogen-bond acceptors (Lipinski definition) is 5. The van der Waals surface area contributed by atoms with Crippen LogP contribution in [0.5, 0.6) is 5.75 Å². The zero-order chi connectivity index (χ0) is 16.9. The molecule has 5 heteroatoms. The van der Waals surface area contributed by atoms with Crippen LogP contribution in [-0.2, 0) is 4.79 Å². The van der Waals surface area contributed by atoms with Gasteiger partial charge in [-0.15, -0.1) is 11.3 Å². The maximum Gasteiger partial charge on any atom is 0.157 e. The van der Waals surface area contributed by atoms with Crippen molar-refractivity contribution in [3.63, 3.8) is 0 Å². The lowest BCUT2D eigenvalue weighted by Gasteiger charge is -2.09. The zero-order valence-electron chi connectivity index (χ0n) is 13.4. The number of carbonyl (C=O) groups is 1. The topological polar surface area (TPSA) is 63.0 Å². The number of aromatic nitrogens is 1. The van der Waals surface area contributed by atoms with Crippen LogP contribution in [0.15, 0.2) is 41.8 Å². The van der Waals surface area contributed by atoms with E-state index in [1.807, 2.05) is 29.6 Å². The minimum atomic E-state index is -0.768. The summed E-state index contributed by atoms with van der Waals surface area (Å²) in [5.41, 5.74) is 1.73. The predicted octanol–water partition coefficient (Wildman–Crippen LogP) is 4.35. The molecule has 0 radical (unpaired) electrons. The molecule has 0 saturated heterocycles. The third-order valence-corrected chi connectivity index (χ3v) is 5.09. The summed E-state index contributed by atoms with van der Waals surface area (Å²) in [6.45, 7) is 0. The van der Waals surface area contributed by atoms with Crippen molar-refractivity contribution in [2.75, 3.05) is 7.11 Å². The Labute approximate surface area is 145 Å². The van der Waals surface area contributed by atoms with E-state index in [2.05, 4.69) is 23.2 Å². The van der Waals surface area contributed by atoms with Crippen molar-refractivity contribution in [2.24, 2.45) is 5.92 Å². The average molecular weight is 338 g/mol. The van der Waals surface area contributed by atoms with E-state index in [1.165, 1.54) is 11.3 Å². The summed E-state index contributed by atoms with van der Waals surface area (Å²) in [6.07, 6.45) is 6.63. The summed E-state index contributed by atoms with van der Waals surface area (Å²) >= 11 is 1.37. The first-order valence-electron chi connectivity index (χ1n) is 7.90. The normalized spacial score (nSPS) is 17.4. The van der Waals surface area contributed by atoms with Crippen molar-refractivity contribution in [2.45, 2.75) is 25.2 Å². The van der Waals surface area contributed by atoms with Gasteiger partial charge in [-0.05, 0) is 43.0 Å². The number of nitriles is 1. The molecular weight excluding hydrogens is 320 g/mol. The minimum Gasteiger partial charge on any atom is -0.497 e. The molecule has 0 unspecified atom stereocenters. The maximum atomic E-state index is 12.5. The number of thiazole rings is 1. The van der Waals surface area contributed by atoms with Crippen molar-refractivity contribution in [1.29, 1.82) is 5.26 Å². The Morgan fingerprint density at radius 2 is 2.25 bits per heavy atom. The molecule has 1 aromatic heterocycles. The third-order valence-electron chi connectivity index (χ3n) is 4.18. The van der Waals surface area contributed by atoms with Gasteiger partial charge in [-0.2, -0.15) is 5.26 Å². The summed E-state index contributed by atoms with van der Waals surface area (Å²) in [7, 11) is 1.62. The lowest BCUT2D eigenvalue weighted by atomic mass is 9.95. The molecule has 1 aliphatic carbocycles. The highest BCUT2D eigenvalue weighted by molar-refractivity contribution is 7.10. The standard InChI is InChI=1S/C19H18N2O2S/c1-23-15-8-6-14(7-9-15)17-12-24-19(21-17)16(11-20)18(22)10-13-4-2-3-5-13/h2,4,6-9,12-13,16H,3,5,10H2,1H3/t13-,16+/m0/s1. The quantitative estimate of drug-likeness (QED) is 0.735. The first-order chi connectivity index (χ1) is 11.7. The number of hydrogen-bond donors (Lipinski definition) is 0.